The maximum absolute atomic E-state index is 13.6. The number of aliphatic hydroxyl groups excluding tert-OH is 1. The van der Waals surface area contributed by atoms with Crippen LogP contribution < -0.4 is 5.32 Å². The summed E-state index contributed by atoms with van der Waals surface area (Å²) < 4.78 is 26.4. The van der Waals surface area contributed by atoms with Gasteiger partial charge < -0.3 is 10.4 Å². The van der Waals surface area contributed by atoms with Crippen LogP contribution in [0.4, 0.5) is 8.78 Å². The Morgan fingerprint density at radius 3 is 2.42 bits per heavy atom. The number of nitrogens with one attached hydrogen (secondary N) is 1. The lowest BCUT2D eigenvalue weighted by Gasteiger charge is -2.24. The van der Waals surface area contributed by atoms with Crippen molar-refractivity contribution in [1.29, 1.82) is 0 Å². The molecule has 19 heavy (non-hydrogen) atoms. The number of hydrogen-bond donors (Lipinski definition) is 2. The average Bonchev–Trinajstić information content (AvgIpc) is 2.23. The number of halogens is 2. The van der Waals surface area contributed by atoms with Crippen molar-refractivity contribution in [3.05, 3.63) is 35.4 Å². The lowest BCUT2D eigenvalue weighted by molar-refractivity contribution is 0.117. The molecular weight excluding hydrogens is 248 g/mol. The summed E-state index contributed by atoms with van der Waals surface area (Å²) in [6, 6.07) is 3.27. The lowest BCUT2D eigenvalue weighted by Crippen LogP contribution is -2.32. The second-order valence-corrected chi connectivity index (χ2v) is 6.21. The largest absolute Gasteiger partial charge is 0.392 e. The first-order chi connectivity index (χ1) is 8.69. The van der Waals surface area contributed by atoms with Gasteiger partial charge >= 0.3 is 0 Å². The van der Waals surface area contributed by atoms with E-state index in [0.717, 1.165) is 6.07 Å². The van der Waals surface area contributed by atoms with Crippen LogP contribution in [0.2, 0.25) is 0 Å². The number of hydrogen-bond acceptors (Lipinski definition) is 2. The molecule has 0 aliphatic rings. The van der Waals surface area contributed by atoms with Gasteiger partial charge in [0.15, 0.2) is 0 Å². The molecule has 0 radical (unpaired) electrons. The molecule has 0 aromatic heterocycles. The minimum Gasteiger partial charge on any atom is -0.392 e. The van der Waals surface area contributed by atoms with Crippen molar-refractivity contribution in [2.45, 2.75) is 46.3 Å². The Morgan fingerprint density at radius 2 is 1.89 bits per heavy atom. The van der Waals surface area contributed by atoms with Crippen LogP contribution in [0.3, 0.4) is 0 Å². The first-order valence-electron chi connectivity index (χ1n) is 6.55. The van der Waals surface area contributed by atoms with Crippen molar-refractivity contribution in [3.63, 3.8) is 0 Å². The van der Waals surface area contributed by atoms with Gasteiger partial charge in [-0.05, 0) is 24.8 Å². The van der Waals surface area contributed by atoms with Crippen molar-refractivity contribution in [1.82, 2.24) is 5.32 Å². The maximum atomic E-state index is 13.6. The van der Waals surface area contributed by atoms with E-state index in [-0.39, 0.29) is 11.5 Å². The van der Waals surface area contributed by atoms with Crippen LogP contribution in [-0.4, -0.2) is 17.8 Å². The number of aliphatic hydroxyl groups is 1. The van der Waals surface area contributed by atoms with Crippen molar-refractivity contribution < 1.29 is 13.9 Å². The van der Waals surface area contributed by atoms with Gasteiger partial charge in [-0.1, -0.05) is 26.8 Å². The molecule has 2 atom stereocenters. The Morgan fingerprint density at radius 1 is 1.26 bits per heavy atom. The molecule has 1 aromatic carbocycles. The van der Waals surface area contributed by atoms with Crippen molar-refractivity contribution in [3.8, 4) is 0 Å². The van der Waals surface area contributed by atoms with Crippen LogP contribution in [0.15, 0.2) is 18.2 Å². The maximum Gasteiger partial charge on any atom is 0.130 e. The molecule has 2 N–H and O–H groups in total. The summed E-state index contributed by atoms with van der Waals surface area (Å²) in [6.45, 7) is 8.34. The van der Waals surface area contributed by atoms with Crippen molar-refractivity contribution in [2.75, 3.05) is 6.54 Å². The molecule has 0 fully saturated rings. The molecule has 0 heterocycles. The second-order valence-electron chi connectivity index (χ2n) is 6.21. The molecule has 0 amide bonds. The van der Waals surface area contributed by atoms with E-state index < -0.39 is 17.7 Å². The van der Waals surface area contributed by atoms with Gasteiger partial charge in [-0.3, -0.25) is 0 Å². The predicted molar refractivity (Wildman–Crippen MR) is 72.9 cm³/mol. The molecule has 1 rings (SSSR count). The minimum absolute atomic E-state index is 0.0471. The lowest BCUT2D eigenvalue weighted by atomic mass is 9.89. The molecule has 0 saturated heterocycles. The minimum atomic E-state index is -0.582. The van der Waals surface area contributed by atoms with E-state index in [4.69, 9.17) is 0 Å². The van der Waals surface area contributed by atoms with E-state index in [1.165, 1.54) is 12.1 Å². The highest BCUT2D eigenvalue weighted by Crippen LogP contribution is 2.21. The highest BCUT2D eigenvalue weighted by atomic mass is 19.1. The van der Waals surface area contributed by atoms with E-state index in [2.05, 4.69) is 26.1 Å². The van der Waals surface area contributed by atoms with Gasteiger partial charge in [0, 0.05) is 24.2 Å². The molecule has 4 heteroatoms. The van der Waals surface area contributed by atoms with Crippen LogP contribution in [0.5, 0.6) is 0 Å². The van der Waals surface area contributed by atoms with Gasteiger partial charge in [0.05, 0.1) is 6.10 Å². The molecule has 2 unspecified atom stereocenters. The quantitative estimate of drug-likeness (QED) is 0.860. The fourth-order valence-corrected chi connectivity index (χ4v) is 2.05. The third kappa shape index (κ3) is 5.66. The topological polar surface area (TPSA) is 32.3 Å². The van der Waals surface area contributed by atoms with E-state index in [9.17, 15) is 13.9 Å². The number of benzene rings is 1. The normalized spacial score (nSPS) is 15.3. The molecule has 0 bridgehead atoms. The molecular formula is C15H23F2NO. The monoisotopic (exact) mass is 271 g/mol. The zero-order chi connectivity index (χ0) is 14.6. The van der Waals surface area contributed by atoms with Crippen molar-refractivity contribution in [2.24, 2.45) is 5.41 Å². The summed E-state index contributed by atoms with van der Waals surface area (Å²) in [5.74, 6) is -1.15. The molecule has 0 spiro atoms. The Balaban J connectivity index is 2.53. The predicted octanol–water partition coefficient (Wildman–Crippen LogP) is 3.41. The SMILES string of the molecule is CC(NCC(O)CC(C)(C)C)c1ccc(F)cc1F. The summed E-state index contributed by atoms with van der Waals surface area (Å²) in [5.41, 5.74) is 0.454. The van der Waals surface area contributed by atoms with E-state index in [1.54, 1.807) is 6.92 Å². The van der Waals surface area contributed by atoms with Crippen molar-refractivity contribution >= 4 is 0 Å². The second kappa shape index (κ2) is 6.44. The van der Waals surface area contributed by atoms with E-state index in [0.29, 0.717) is 18.5 Å². The van der Waals surface area contributed by atoms with Crippen LogP contribution in [0, 0.1) is 17.0 Å². The molecule has 1 aromatic rings. The van der Waals surface area contributed by atoms with Gasteiger partial charge in [0.1, 0.15) is 11.6 Å². The van der Waals surface area contributed by atoms with Crippen LogP contribution in [0.25, 0.3) is 0 Å². The Kier molecular flexibility index (Phi) is 5.44. The van der Waals surface area contributed by atoms with E-state index in [1.807, 2.05) is 0 Å². The summed E-state index contributed by atoms with van der Waals surface area (Å²) in [7, 11) is 0. The first-order valence-corrected chi connectivity index (χ1v) is 6.55. The Bertz CT molecular complexity index is 415. The van der Waals surface area contributed by atoms with Gasteiger partial charge in [-0.25, -0.2) is 8.78 Å². The smallest absolute Gasteiger partial charge is 0.130 e. The standard InChI is InChI=1S/C15H23F2NO/c1-10(13-6-5-11(16)7-14(13)17)18-9-12(19)8-15(2,3)4/h5-7,10,12,18-19H,8-9H2,1-4H3. The van der Waals surface area contributed by atoms with Crippen LogP contribution in [0.1, 0.15) is 45.7 Å². The Labute approximate surface area is 113 Å². The molecule has 0 aliphatic carbocycles. The highest BCUT2D eigenvalue weighted by molar-refractivity contribution is 5.21. The third-order valence-corrected chi connectivity index (χ3v) is 2.94. The summed E-state index contributed by atoms with van der Waals surface area (Å²) in [5, 5.41) is 12.9. The fourth-order valence-electron chi connectivity index (χ4n) is 2.05. The first kappa shape index (κ1) is 16.1. The van der Waals surface area contributed by atoms with Crippen LogP contribution in [-0.2, 0) is 0 Å². The highest BCUT2D eigenvalue weighted by Gasteiger charge is 2.18. The Hall–Kier alpha value is -1.00. The molecule has 0 aliphatic heterocycles. The molecule has 2 nitrogen and oxygen atoms in total. The third-order valence-electron chi connectivity index (χ3n) is 2.94. The van der Waals surface area contributed by atoms with E-state index >= 15 is 0 Å². The average molecular weight is 271 g/mol. The zero-order valence-corrected chi connectivity index (χ0v) is 12.0. The van der Waals surface area contributed by atoms with Gasteiger partial charge in [0.2, 0.25) is 0 Å². The zero-order valence-electron chi connectivity index (χ0n) is 12.0. The van der Waals surface area contributed by atoms with Gasteiger partial charge in [-0.15, -0.1) is 0 Å². The fraction of sp³-hybridized carbons (Fsp3) is 0.600. The van der Waals surface area contributed by atoms with Crippen LogP contribution >= 0.6 is 0 Å². The summed E-state index contributed by atoms with van der Waals surface area (Å²) in [4.78, 5) is 0. The molecule has 0 saturated carbocycles. The molecule has 108 valence electrons. The summed E-state index contributed by atoms with van der Waals surface area (Å²) in [6.07, 6.45) is 0.185. The summed E-state index contributed by atoms with van der Waals surface area (Å²) >= 11 is 0. The van der Waals surface area contributed by atoms with Gasteiger partial charge in [-0.2, -0.15) is 0 Å². The van der Waals surface area contributed by atoms with Gasteiger partial charge in [0.25, 0.3) is 0 Å². The number of rotatable bonds is 5.